The fourth-order valence-electron chi connectivity index (χ4n) is 2.21. The number of fused-ring (bicyclic) bond motifs is 1. The van der Waals surface area contributed by atoms with Gasteiger partial charge in [0, 0.05) is 13.0 Å². The second kappa shape index (κ2) is 7.59. The molecule has 8 nitrogen and oxygen atoms in total. The third-order valence-electron chi connectivity index (χ3n) is 3.36. The highest BCUT2D eigenvalue weighted by Crippen LogP contribution is 2.12. The van der Waals surface area contributed by atoms with Crippen molar-refractivity contribution in [2.24, 2.45) is 0 Å². The summed E-state index contributed by atoms with van der Waals surface area (Å²) in [4.78, 5) is 34.8. The van der Waals surface area contributed by atoms with E-state index < -0.39 is 30.3 Å². The number of carbonyl (C=O) groups is 2. The summed E-state index contributed by atoms with van der Waals surface area (Å²) in [7, 11) is 1.17. The van der Waals surface area contributed by atoms with E-state index in [2.05, 4.69) is 10.1 Å². The third-order valence-corrected chi connectivity index (χ3v) is 3.36. The molecule has 0 saturated heterocycles. The molecule has 1 heterocycles. The number of aliphatic hydroxyl groups excluding tert-OH is 1. The SMILES string of the molecule is COC(=O)[C@H](CO)NC(=O)CCCn1c(=O)oc2ccccc21. The Hall–Kier alpha value is -2.61. The smallest absolute Gasteiger partial charge is 0.419 e. The number of benzene rings is 1. The highest BCUT2D eigenvalue weighted by Gasteiger charge is 2.20. The Bertz CT molecular complexity index is 748. The van der Waals surface area contributed by atoms with Crippen LogP contribution in [0.15, 0.2) is 33.5 Å². The van der Waals surface area contributed by atoms with E-state index in [1.54, 1.807) is 24.3 Å². The van der Waals surface area contributed by atoms with Crippen molar-refractivity contribution in [3.63, 3.8) is 0 Å². The average molecular weight is 322 g/mol. The molecule has 23 heavy (non-hydrogen) atoms. The quantitative estimate of drug-likeness (QED) is 0.696. The zero-order valence-corrected chi connectivity index (χ0v) is 12.7. The van der Waals surface area contributed by atoms with Crippen LogP contribution in [0.3, 0.4) is 0 Å². The number of amides is 1. The van der Waals surface area contributed by atoms with Gasteiger partial charge in [-0.05, 0) is 18.6 Å². The molecule has 124 valence electrons. The zero-order chi connectivity index (χ0) is 16.8. The number of para-hydroxylation sites is 2. The summed E-state index contributed by atoms with van der Waals surface area (Å²) in [5, 5.41) is 11.4. The highest BCUT2D eigenvalue weighted by molar-refractivity contribution is 5.84. The molecule has 0 bridgehead atoms. The van der Waals surface area contributed by atoms with Crippen LogP contribution in [0.2, 0.25) is 0 Å². The molecule has 0 unspecified atom stereocenters. The fraction of sp³-hybridized carbons (Fsp3) is 0.400. The second-order valence-corrected chi connectivity index (χ2v) is 4.92. The van der Waals surface area contributed by atoms with Gasteiger partial charge in [0.25, 0.3) is 0 Å². The molecule has 0 aliphatic heterocycles. The van der Waals surface area contributed by atoms with Crippen LogP contribution in [-0.2, 0) is 20.9 Å². The first-order valence-corrected chi connectivity index (χ1v) is 7.13. The van der Waals surface area contributed by atoms with E-state index in [4.69, 9.17) is 9.52 Å². The van der Waals surface area contributed by atoms with Gasteiger partial charge in [-0.1, -0.05) is 12.1 Å². The number of oxazole rings is 1. The van der Waals surface area contributed by atoms with E-state index in [-0.39, 0.29) is 6.42 Å². The summed E-state index contributed by atoms with van der Waals surface area (Å²) < 4.78 is 11.0. The Morgan fingerprint density at radius 2 is 2.13 bits per heavy atom. The molecule has 0 radical (unpaired) electrons. The lowest BCUT2D eigenvalue weighted by Gasteiger charge is -2.13. The summed E-state index contributed by atoms with van der Waals surface area (Å²) in [6.45, 7) is -0.227. The molecule has 1 aromatic carbocycles. The Labute approximate surface area is 131 Å². The Morgan fingerprint density at radius 3 is 2.83 bits per heavy atom. The Morgan fingerprint density at radius 1 is 1.39 bits per heavy atom. The first-order valence-electron chi connectivity index (χ1n) is 7.13. The van der Waals surface area contributed by atoms with Gasteiger partial charge in [0.2, 0.25) is 5.91 Å². The normalized spacial score (nSPS) is 12.1. The molecule has 0 spiro atoms. The predicted octanol–water partition coefficient (Wildman–Crippen LogP) is 0.0248. The number of carbonyl (C=O) groups excluding carboxylic acids is 2. The van der Waals surface area contributed by atoms with Gasteiger partial charge in [-0.3, -0.25) is 9.36 Å². The average Bonchev–Trinajstić information content (AvgIpc) is 2.87. The van der Waals surface area contributed by atoms with Gasteiger partial charge in [0.1, 0.15) is 0 Å². The lowest BCUT2D eigenvalue weighted by Crippen LogP contribution is -2.44. The van der Waals surface area contributed by atoms with Crippen molar-refractivity contribution in [1.29, 1.82) is 0 Å². The zero-order valence-electron chi connectivity index (χ0n) is 12.7. The first kappa shape index (κ1) is 16.8. The van der Waals surface area contributed by atoms with Crippen LogP contribution in [0, 0.1) is 0 Å². The number of aromatic nitrogens is 1. The molecule has 0 fully saturated rings. The van der Waals surface area contributed by atoms with Gasteiger partial charge in [0.15, 0.2) is 11.6 Å². The van der Waals surface area contributed by atoms with Crippen LogP contribution in [0.1, 0.15) is 12.8 Å². The standard InChI is InChI=1S/C15H18N2O6/c1-22-14(20)10(9-18)16-13(19)7-4-8-17-11-5-2-3-6-12(11)23-15(17)21/h2-3,5-6,10,18H,4,7-9H2,1H3,(H,16,19)/t10-/m0/s1. The second-order valence-electron chi connectivity index (χ2n) is 4.92. The van der Waals surface area contributed by atoms with Crippen molar-refractivity contribution in [3.8, 4) is 0 Å². The monoisotopic (exact) mass is 322 g/mol. The maximum Gasteiger partial charge on any atom is 0.419 e. The molecular formula is C15H18N2O6. The van der Waals surface area contributed by atoms with Gasteiger partial charge >= 0.3 is 11.7 Å². The number of hydrogen-bond acceptors (Lipinski definition) is 6. The van der Waals surface area contributed by atoms with Crippen LogP contribution < -0.4 is 11.1 Å². The number of methoxy groups -OCH3 is 1. The molecule has 2 N–H and O–H groups in total. The predicted molar refractivity (Wildman–Crippen MR) is 80.7 cm³/mol. The van der Waals surface area contributed by atoms with Crippen molar-refractivity contribution in [2.75, 3.05) is 13.7 Å². The molecule has 0 saturated carbocycles. The Kier molecular flexibility index (Phi) is 5.53. The van der Waals surface area contributed by atoms with Crippen molar-refractivity contribution < 1.29 is 23.8 Å². The summed E-state index contributed by atoms with van der Waals surface area (Å²) in [6.07, 6.45) is 0.480. The number of hydrogen-bond donors (Lipinski definition) is 2. The lowest BCUT2D eigenvalue weighted by atomic mass is 10.2. The molecular weight excluding hydrogens is 304 g/mol. The van der Waals surface area contributed by atoms with E-state index in [0.29, 0.717) is 24.1 Å². The van der Waals surface area contributed by atoms with Gasteiger partial charge in [-0.15, -0.1) is 0 Å². The molecule has 8 heteroatoms. The van der Waals surface area contributed by atoms with Crippen LogP contribution in [0.4, 0.5) is 0 Å². The first-order chi connectivity index (χ1) is 11.1. The lowest BCUT2D eigenvalue weighted by molar-refractivity contribution is -0.146. The summed E-state index contributed by atoms with van der Waals surface area (Å²) >= 11 is 0. The number of rotatable bonds is 7. The minimum absolute atomic E-state index is 0.0967. The maximum absolute atomic E-state index is 11.8. The topological polar surface area (TPSA) is 111 Å². The van der Waals surface area contributed by atoms with Gasteiger partial charge < -0.3 is 19.6 Å². The van der Waals surface area contributed by atoms with Crippen LogP contribution in [0.25, 0.3) is 11.1 Å². The minimum Gasteiger partial charge on any atom is -0.467 e. The van der Waals surface area contributed by atoms with Gasteiger partial charge in [0.05, 0.1) is 19.2 Å². The molecule has 1 atom stereocenters. The highest BCUT2D eigenvalue weighted by atomic mass is 16.5. The largest absolute Gasteiger partial charge is 0.467 e. The van der Waals surface area contributed by atoms with Crippen molar-refractivity contribution in [1.82, 2.24) is 9.88 Å². The Balaban J connectivity index is 1.91. The van der Waals surface area contributed by atoms with Crippen molar-refractivity contribution in [2.45, 2.75) is 25.4 Å². The number of aryl methyl sites for hydroxylation is 1. The number of nitrogens with one attached hydrogen (secondary N) is 1. The number of ether oxygens (including phenoxy) is 1. The van der Waals surface area contributed by atoms with E-state index in [0.717, 1.165) is 0 Å². The molecule has 0 aliphatic carbocycles. The van der Waals surface area contributed by atoms with Crippen LogP contribution in [0.5, 0.6) is 0 Å². The minimum atomic E-state index is -1.08. The number of nitrogens with zero attached hydrogens (tertiary/aromatic N) is 1. The maximum atomic E-state index is 11.8. The van der Waals surface area contributed by atoms with Crippen molar-refractivity contribution in [3.05, 3.63) is 34.8 Å². The number of aliphatic hydroxyl groups is 1. The molecule has 1 amide bonds. The van der Waals surface area contributed by atoms with Crippen molar-refractivity contribution >= 4 is 23.0 Å². The molecule has 2 aromatic rings. The summed E-state index contributed by atoms with van der Waals surface area (Å²) in [5.41, 5.74) is 1.16. The van der Waals surface area contributed by atoms with Gasteiger partial charge in [-0.25, -0.2) is 9.59 Å². The number of esters is 1. The fourth-order valence-corrected chi connectivity index (χ4v) is 2.21. The molecule has 0 aliphatic rings. The van der Waals surface area contributed by atoms with Crippen LogP contribution >= 0.6 is 0 Å². The molecule has 2 rings (SSSR count). The summed E-state index contributed by atoms with van der Waals surface area (Å²) in [5.74, 6) is -1.59. The van der Waals surface area contributed by atoms with E-state index in [9.17, 15) is 14.4 Å². The van der Waals surface area contributed by atoms with E-state index in [1.807, 2.05) is 0 Å². The van der Waals surface area contributed by atoms with Gasteiger partial charge in [-0.2, -0.15) is 0 Å². The van der Waals surface area contributed by atoms with E-state index >= 15 is 0 Å². The third kappa shape index (κ3) is 3.98. The van der Waals surface area contributed by atoms with Crippen LogP contribution in [-0.4, -0.2) is 41.3 Å². The van der Waals surface area contributed by atoms with E-state index in [1.165, 1.54) is 11.7 Å². The summed E-state index contributed by atoms with van der Waals surface area (Å²) in [6, 6.07) is 5.94. The molecule has 1 aromatic heterocycles.